The van der Waals surface area contributed by atoms with E-state index in [1.54, 1.807) is 13.2 Å². The molecule has 2 bridgehead atoms. The average molecular weight is 276 g/mol. The first-order valence-corrected chi connectivity index (χ1v) is 6.93. The summed E-state index contributed by atoms with van der Waals surface area (Å²) in [5, 5.41) is 0. The molecule has 2 aliphatic heterocycles. The molecule has 2 saturated heterocycles. The molecular weight excluding hydrogens is 256 g/mol. The third kappa shape index (κ3) is 2.65. The van der Waals surface area contributed by atoms with E-state index in [4.69, 9.17) is 18.9 Å². The maximum atomic E-state index is 5.96. The second-order valence-corrected chi connectivity index (χ2v) is 5.15. The molecule has 0 unspecified atom stereocenters. The van der Waals surface area contributed by atoms with Crippen LogP contribution < -0.4 is 0 Å². The lowest BCUT2D eigenvalue weighted by atomic mass is 10.0. The standard InChI is InChI=1S/C16H20O4/c1-3-12-15-13(17-2)9-14(16(19-12)20-15)18-10-11-7-5-4-6-8-11/h3-8,12-16H,1,9-10H2,2H3/t12-,13-,14+,15+,16+/m1/s1. The molecule has 1 aromatic carbocycles. The summed E-state index contributed by atoms with van der Waals surface area (Å²) in [5.74, 6) is 0. The van der Waals surface area contributed by atoms with Gasteiger partial charge in [-0.3, -0.25) is 0 Å². The Kier molecular flexibility index (Phi) is 4.17. The molecule has 0 aromatic heterocycles. The lowest BCUT2D eigenvalue weighted by Gasteiger charge is -2.33. The van der Waals surface area contributed by atoms with Gasteiger partial charge in [-0.25, -0.2) is 0 Å². The van der Waals surface area contributed by atoms with Crippen LogP contribution in [0.4, 0.5) is 0 Å². The van der Waals surface area contributed by atoms with Crippen LogP contribution in [0, 0.1) is 0 Å². The Bertz CT molecular complexity index is 447. The van der Waals surface area contributed by atoms with Crippen LogP contribution in [0.25, 0.3) is 0 Å². The topological polar surface area (TPSA) is 36.9 Å². The van der Waals surface area contributed by atoms with E-state index in [9.17, 15) is 0 Å². The Hall–Kier alpha value is -1.20. The smallest absolute Gasteiger partial charge is 0.185 e. The highest BCUT2D eigenvalue weighted by Gasteiger charge is 2.49. The van der Waals surface area contributed by atoms with Crippen LogP contribution in [-0.4, -0.2) is 37.8 Å². The Labute approximate surface area is 119 Å². The molecule has 0 saturated carbocycles. The molecule has 0 aliphatic carbocycles. The Morgan fingerprint density at radius 2 is 2.05 bits per heavy atom. The maximum absolute atomic E-state index is 5.96. The second kappa shape index (κ2) is 6.06. The van der Waals surface area contributed by atoms with Crippen molar-refractivity contribution in [3.63, 3.8) is 0 Å². The van der Waals surface area contributed by atoms with Gasteiger partial charge in [0.1, 0.15) is 18.3 Å². The molecule has 0 N–H and O–H groups in total. The van der Waals surface area contributed by atoms with Crippen LogP contribution in [-0.2, 0) is 25.6 Å². The summed E-state index contributed by atoms with van der Waals surface area (Å²) in [4.78, 5) is 0. The van der Waals surface area contributed by atoms with E-state index in [2.05, 4.69) is 6.58 Å². The van der Waals surface area contributed by atoms with Crippen LogP contribution in [0.15, 0.2) is 43.0 Å². The van der Waals surface area contributed by atoms with Crippen LogP contribution in [0.1, 0.15) is 12.0 Å². The van der Waals surface area contributed by atoms with Crippen molar-refractivity contribution in [2.24, 2.45) is 0 Å². The zero-order chi connectivity index (χ0) is 13.9. The van der Waals surface area contributed by atoms with E-state index in [1.807, 2.05) is 30.3 Å². The van der Waals surface area contributed by atoms with Gasteiger partial charge in [-0.2, -0.15) is 0 Å². The molecule has 4 nitrogen and oxygen atoms in total. The van der Waals surface area contributed by atoms with Gasteiger partial charge in [-0.05, 0) is 5.56 Å². The Balaban J connectivity index is 1.64. The van der Waals surface area contributed by atoms with Crippen molar-refractivity contribution in [1.82, 2.24) is 0 Å². The molecule has 20 heavy (non-hydrogen) atoms. The summed E-state index contributed by atoms with van der Waals surface area (Å²) in [6.07, 6.45) is 1.92. The molecule has 4 heteroatoms. The Morgan fingerprint density at radius 3 is 2.75 bits per heavy atom. The largest absolute Gasteiger partial charge is 0.379 e. The summed E-state index contributed by atoms with van der Waals surface area (Å²) >= 11 is 0. The SMILES string of the molecule is C=C[C@H]1O[C@H]2O[C@@H]1[C@H](OC)C[C@@H]2OCc1ccccc1. The second-order valence-electron chi connectivity index (χ2n) is 5.15. The molecule has 3 rings (SSSR count). The van der Waals surface area contributed by atoms with Gasteiger partial charge in [0.25, 0.3) is 0 Å². The highest BCUT2D eigenvalue weighted by molar-refractivity contribution is 5.13. The zero-order valence-corrected chi connectivity index (χ0v) is 11.6. The quantitative estimate of drug-likeness (QED) is 0.773. The summed E-state index contributed by atoms with van der Waals surface area (Å²) in [6, 6.07) is 10.1. The highest BCUT2D eigenvalue weighted by Crippen LogP contribution is 2.35. The van der Waals surface area contributed by atoms with Gasteiger partial charge < -0.3 is 18.9 Å². The van der Waals surface area contributed by atoms with E-state index in [-0.39, 0.29) is 30.7 Å². The third-order valence-corrected chi connectivity index (χ3v) is 3.88. The third-order valence-electron chi connectivity index (χ3n) is 3.88. The fraction of sp³-hybridized carbons (Fsp3) is 0.500. The number of methoxy groups -OCH3 is 1. The number of rotatable bonds is 5. The molecule has 1 aromatic rings. The van der Waals surface area contributed by atoms with Crippen molar-refractivity contribution >= 4 is 0 Å². The zero-order valence-electron chi connectivity index (χ0n) is 11.6. The number of benzene rings is 1. The number of ether oxygens (including phenoxy) is 4. The average Bonchev–Trinajstić information content (AvgIpc) is 2.87. The lowest BCUT2D eigenvalue weighted by Crippen LogP contribution is -2.45. The predicted octanol–water partition coefficient (Wildman–Crippen LogP) is 2.29. The predicted molar refractivity (Wildman–Crippen MR) is 74.2 cm³/mol. The number of fused-ring (bicyclic) bond motifs is 2. The molecule has 0 spiro atoms. The normalized spacial score (nSPS) is 36.0. The fourth-order valence-corrected chi connectivity index (χ4v) is 2.79. The summed E-state index contributed by atoms with van der Waals surface area (Å²) in [5.41, 5.74) is 1.14. The molecule has 108 valence electrons. The minimum atomic E-state index is -0.321. The molecule has 2 fully saturated rings. The van der Waals surface area contributed by atoms with Gasteiger partial charge in [-0.1, -0.05) is 36.4 Å². The first-order valence-electron chi connectivity index (χ1n) is 6.93. The molecule has 5 atom stereocenters. The molecule has 2 aliphatic rings. The minimum absolute atomic E-state index is 0.0162. The van der Waals surface area contributed by atoms with Gasteiger partial charge in [-0.15, -0.1) is 6.58 Å². The van der Waals surface area contributed by atoms with Crippen molar-refractivity contribution in [3.8, 4) is 0 Å². The van der Waals surface area contributed by atoms with Crippen LogP contribution >= 0.6 is 0 Å². The Morgan fingerprint density at radius 1 is 1.25 bits per heavy atom. The number of hydrogen-bond donors (Lipinski definition) is 0. The highest BCUT2D eigenvalue weighted by atomic mass is 16.8. The van der Waals surface area contributed by atoms with Crippen molar-refractivity contribution in [2.75, 3.05) is 7.11 Å². The van der Waals surface area contributed by atoms with E-state index in [0.717, 1.165) is 12.0 Å². The van der Waals surface area contributed by atoms with Crippen molar-refractivity contribution in [1.29, 1.82) is 0 Å². The molecular formula is C16H20O4. The first kappa shape index (κ1) is 13.8. The van der Waals surface area contributed by atoms with Gasteiger partial charge in [0, 0.05) is 13.5 Å². The van der Waals surface area contributed by atoms with Crippen molar-refractivity contribution in [3.05, 3.63) is 48.6 Å². The van der Waals surface area contributed by atoms with E-state index in [0.29, 0.717) is 6.61 Å². The molecule has 0 amide bonds. The van der Waals surface area contributed by atoms with Gasteiger partial charge in [0.15, 0.2) is 6.29 Å². The first-order chi connectivity index (χ1) is 9.81. The monoisotopic (exact) mass is 276 g/mol. The summed E-state index contributed by atoms with van der Waals surface area (Å²) in [6.45, 7) is 4.34. The summed E-state index contributed by atoms with van der Waals surface area (Å²) in [7, 11) is 1.70. The van der Waals surface area contributed by atoms with Crippen LogP contribution in [0.5, 0.6) is 0 Å². The van der Waals surface area contributed by atoms with Gasteiger partial charge >= 0.3 is 0 Å². The van der Waals surface area contributed by atoms with Crippen LogP contribution in [0.2, 0.25) is 0 Å². The molecule has 0 radical (unpaired) electrons. The lowest BCUT2D eigenvalue weighted by molar-refractivity contribution is -0.205. The van der Waals surface area contributed by atoms with Gasteiger partial charge in [0.2, 0.25) is 0 Å². The van der Waals surface area contributed by atoms with Gasteiger partial charge in [0.05, 0.1) is 12.7 Å². The number of hydrogen-bond acceptors (Lipinski definition) is 4. The van der Waals surface area contributed by atoms with E-state index >= 15 is 0 Å². The summed E-state index contributed by atoms with van der Waals surface area (Å²) < 4.78 is 23.1. The minimum Gasteiger partial charge on any atom is -0.379 e. The van der Waals surface area contributed by atoms with E-state index < -0.39 is 0 Å². The van der Waals surface area contributed by atoms with Crippen molar-refractivity contribution in [2.45, 2.75) is 43.7 Å². The molecule has 2 heterocycles. The van der Waals surface area contributed by atoms with Crippen LogP contribution in [0.3, 0.4) is 0 Å². The van der Waals surface area contributed by atoms with E-state index in [1.165, 1.54) is 0 Å². The fourth-order valence-electron chi connectivity index (χ4n) is 2.79. The maximum Gasteiger partial charge on any atom is 0.185 e. The van der Waals surface area contributed by atoms with Crippen molar-refractivity contribution < 1.29 is 18.9 Å².